The number of ether oxygens (including phenoxy) is 1. The Kier molecular flexibility index (Phi) is 5.87. The molecule has 0 spiro atoms. The molecule has 4 nitrogen and oxygen atoms in total. The molecule has 1 amide bonds. The van der Waals surface area contributed by atoms with E-state index in [1.807, 2.05) is 17.0 Å². The molecule has 4 heteroatoms. The quantitative estimate of drug-likeness (QED) is 0.810. The van der Waals surface area contributed by atoms with E-state index in [-0.39, 0.29) is 0 Å². The Balaban J connectivity index is 1.68. The number of benzene rings is 1. The standard InChI is InChI=1S/C16H24N2O2/c1-20-15-8-6-14(7-9-15)13-17-10-12-18-11-4-2-3-5-16(18)19/h6-9,17H,2-5,10-13H2,1H3. The Morgan fingerprint density at radius 1 is 1.20 bits per heavy atom. The van der Waals surface area contributed by atoms with Crippen molar-refractivity contribution in [2.75, 3.05) is 26.7 Å². The second-order valence-electron chi connectivity index (χ2n) is 5.22. The second kappa shape index (κ2) is 7.90. The first kappa shape index (κ1) is 14.9. The van der Waals surface area contributed by atoms with Crippen LogP contribution in [0.1, 0.15) is 31.2 Å². The number of rotatable bonds is 6. The molecule has 0 radical (unpaired) electrons. The average Bonchev–Trinajstić information content (AvgIpc) is 2.69. The molecule has 0 aromatic heterocycles. The number of hydrogen-bond acceptors (Lipinski definition) is 3. The molecule has 1 fully saturated rings. The van der Waals surface area contributed by atoms with Gasteiger partial charge in [0.25, 0.3) is 0 Å². The lowest BCUT2D eigenvalue weighted by atomic mass is 10.2. The van der Waals surface area contributed by atoms with Gasteiger partial charge in [0.1, 0.15) is 5.75 Å². The highest BCUT2D eigenvalue weighted by molar-refractivity contribution is 5.76. The van der Waals surface area contributed by atoms with Gasteiger partial charge in [0, 0.05) is 32.6 Å². The van der Waals surface area contributed by atoms with Crippen LogP contribution in [0.2, 0.25) is 0 Å². The van der Waals surface area contributed by atoms with Crippen molar-refractivity contribution in [3.8, 4) is 5.75 Å². The molecule has 0 bridgehead atoms. The van der Waals surface area contributed by atoms with Gasteiger partial charge in [-0.3, -0.25) is 4.79 Å². The van der Waals surface area contributed by atoms with E-state index >= 15 is 0 Å². The van der Waals surface area contributed by atoms with Gasteiger partial charge in [0.2, 0.25) is 5.91 Å². The maximum absolute atomic E-state index is 11.8. The van der Waals surface area contributed by atoms with Crippen LogP contribution in [0.25, 0.3) is 0 Å². The molecule has 1 aromatic carbocycles. The predicted molar refractivity (Wildman–Crippen MR) is 79.7 cm³/mol. The minimum atomic E-state index is 0.314. The first-order valence-electron chi connectivity index (χ1n) is 7.41. The molecule has 1 N–H and O–H groups in total. The fourth-order valence-corrected chi connectivity index (χ4v) is 2.47. The third kappa shape index (κ3) is 4.53. The van der Waals surface area contributed by atoms with Crippen LogP contribution in [0.15, 0.2) is 24.3 Å². The molecule has 1 aliphatic heterocycles. The zero-order valence-electron chi connectivity index (χ0n) is 12.2. The van der Waals surface area contributed by atoms with Gasteiger partial charge in [0.15, 0.2) is 0 Å². The fourth-order valence-electron chi connectivity index (χ4n) is 2.47. The summed E-state index contributed by atoms with van der Waals surface area (Å²) in [6.07, 6.45) is 4.10. The van der Waals surface area contributed by atoms with Gasteiger partial charge in [-0.1, -0.05) is 18.6 Å². The highest BCUT2D eigenvalue weighted by Gasteiger charge is 2.15. The monoisotopic (exact) mass is 276 g/mol. The number of methoxy groups -OCH3 is 1. The van der Waals surface area contributed by atoms with Crippen LogP contribution in [0.3, 0.4) is 0 Å². The van der Waals surface area contributed by atoms with E-state index < -0.39 is 0 Å². The van der Waals surface area contributed by atoms with Crippen LogP contribution in [-0.4, -0.2) is 37.6 Å². The van der Waals surface area contributed by atoms with Gasteiger partial charge >= 0.3 is 0 Å². The Bertz CT molecular complexity index is 417. The molecular weight excluding hydrogens is 252 g/mol. The first-order valence-corrected chi connectivity index (χ1v) is 7.41. The summed E-state index contributed by atoms with van der Waals surface area (Å²) in [5.74, 6) is 1.19. The van der Waals surface area contributed by atoms with E-state index in [1.165, 1.54) is 12.0 Å². The number of nitrogens with one attached hydrogen (secondary N) is 1. The predicted octanol–water partition coefficient (Wildman–Crippen LogP) is 2.19. The van der Waals surface area contributed by atoms with Gasteiger partial charge in [0.05, 0.1) is 7.11 Å². The van der Waals surface area contributed by atoms with Gasteiger partial charge in [-0.2, -0.15) is 0 Å². The molecule has 1 saturated heterocycles. The lowest BCUT2D eigenvalue weighted by Gasteiger charge is -2.20. The molecule has 110 valence electrons. The summed E-state index contributed by atoms with van der Waals surface area (Å²) in [5.41, 5.74) is 1.23. The van der Waals surface area contributed by atoms with Crippen molar-refractivity contribution in [1.82, 2.24) is 10.2 Å². The third-order valence-corrected chi connectivity index (χ3v) is 3.72. The van der Waals surface area contributed by atoms with E-state index in [1.54, 1.807) is 7.11 Å². The van der Waals surface area contributed by atoms with Crippen molar-refractivity contribution in [2.24, 2.45) is 0 Å². The van der Waals surface area contributed by atoms with Crippen molar-refractivity contribution < 1.29 is 9.53 Å². The zero-order chi connectivity index (χ0) is 14.2. The number of amides is 1. The summed E-state index contributed by atoms with van der Waals surface area (Å²) in [6, 6.07) is 8.05. The summed E-state index contributed by atoms with van der Waals surface area (Å²) in [7, 11) is 1.67. The van der Waals surface area contributed by atoms with Crippen LogP contribution >= 0.6 is 0 Å². The van der Waals surface area contributed by atoms with Crippen molar-refractivity contribution >= 4 is 5.91 Å². The molecule has 0 atom stereocenters. The van der Waals surface area contributed by atoms with Crippen LogP contribution < -0.4 is 10.1 Å². The van der Waals surface area contributed by atoms with Crippen molar-refractivity contribution in [2.45, 2.75) is 32.2 Å². The minimum Gasteiger partial charge on any atom is -0.497 e. The lowest BCUT2D eigenvalue weighted by molar-refractivity contribution is -0.130. The van der Waals surface area contributed by atoms with Gasteiger partial charge < -0.3 is 15.0 Å². The number of carbonyl (C=O) groups excluding carboxylic acids is 1. The molecule has 0 aliphatic carbocycles. The van der Waals surface area contributed by atoms with E-state index in [9.17, 15) is 4.79 Å². The number of hydrogen-bond donors (Lipinski definition) is 1. The highest BCUT2D eigenvalue weighted by atomic mass is 16.5. The van der Waals surface area contributed by atoms with Gasteiger partial charge in [-0.15, -0.1) is 0 Å². The van der Waals surface area contributed by atoms with Crippen LogP contribution in [0.4, 0.5) is 0 Å². The Morgan fingerprint density at radius 3 is 2.75 bits per heavy atom. The van der Waals surface area contributed by atoms with E-state index in [2.05, 4.69) is 17.4 Å². The van der Waals surface area contributed by atoms with Crippen LogP contribution in [-0.2, 0) is 11.3 Å². The smallest absolute Gasteiger partial charge is 0.222 e. The summed E-state index contributed by atoms with van der Waals surface area (Å²) >= 11 is 0. The summed E-state index contributed by atoms with van der Waals surface area (Å²) < 4.78 is 5.13. The summed E-state index contributed by atoms with van der Waals surface area (Å²) in [4.78, 5) is 13.8. The topological polar surface area (TPSA) is 41.6 Å². The van der Waals surface area contributed by atoms with E-state index in [0.29, 0.717) is 5.91 Å². The molecule has 20 heavy (non-hydrogen) atoms. The molecule has 1 aliphatic rings. The summed E-state index contributed by atoms with van der Waals surface area (Å²) in [5, 5.41) is 3.39. The Labute approximate surface area is 121 Å². The SMILES string of the molecule is COc1ccc(CNCCN2CCCCCC2=O)cc1. The molecule has 2 rings (SSSR count). The lowest BCUT2D eigenvalue weighted by Crippen LogP contribution is -2.36. The molecule has 0 unspecified atom stereocenters. The fraction of sp³-hybridized carbons (Fsp3) is 0.562. The minimum absolute atomic E-state index is 0.314. The third-order valence-electron chi connectivity index (χ3n) is 3.72. The van der Waals surface area contributed by atoms with Gasteiger partial charge in [-0.05, 0) is 30.5 Å². The maximum atomic E-state index is 11.8. The normalized spacial score (nSPS) is 16.1. The highest BCUT2D eigenvalue weighted by Crippen LogP contribution is 2.11. The van der Waals surface area contributed by atoms with Crippen LogP contribution in [0, 0.1) is 0 Å². The van der Waals surface area contributed by atoms with E-state index in [4.69, 9.17) is 4.74 Å². The second-order valence-corrected chi connectivity index (χ2v) is 5.22. The van der Waals surface area contributed by atoms with Gasteiger partial charge in [-0.25, -0.2) is 0 Å². The van der Waals surface area contributed by atoms with E-state index in [0.717, 1.165) is 51.2 Å². The Hall–Kier alpha value is -1.55. The molecule has 1 aromatic rings. The van der Waals surface area contributed by atoms with Crippen molar-refractivity contribution in [3.63, 3.8) is 0 Å². The number of nitrogens with zero attached hydrogens (tertiary/aromatic N) is 1. The maximum Gasteiger partial charge on any atom is 0.222 e. The molecule has 1 heterocycles. The first-order chi connectivity index (χ1) is 9.79. The number of carbonyl (C=O) groups is 1. The molecule has 0 saturated carbocycles. The Morgan fingerprint density at radius 2 is 2.00 bits per heavy atom. The average molecular weight is 276 g/mol. The van der Waals surface area contributed by atoms with Crippen molar-refractivity contribution in [1.29, 1.82) is 0 Å². The van der Waals surface area contributed by atoms with Crippen molar-refractivity contribution in [3.05, 3.63) is 29.8 Å². The molecular formula is C16H24N2O2. The van der Waals surface area contributed by atoms with Crippen LogP contribution in [0.5, 0.6) is 5.75 Å². The zero-order valence-corrected chi connectivity index (χ0v) is 12.2. The number of likely N-dealkylation sites (tertiary alicyclic amines) is 1. The largest absolute Gasteiger partial charge is 0.497 e. The summed E-state index contributed by atoms with van der Waals surface area (Å²) in [6.45, 7) is 3.40.